The minimum Gasteiger partial charge on any atom is -0.465 e. The number of hydrogen-bond acceptors (Lipinski definition) is 4. The molecule has 3 rings (SSSR count). The summed E-state index contributed by atoms with van der Waals surface area (Å²) in [6.07, 6.45) is -4.33. The van der Waals surface area contributed by atoms with Gasteiger partial charge in [0, 0.05) is 33.2 Å². The quantitative estimate of drug-likeness (QED) is 0.550. The van der Waals surface area contributed by atoms with Gasteiger partial charge in [-0.1, -0.05) is 12.1 Å². The Morgan fingerprint density at radius 2 is 1.80 bits per heavy atom. The fourth-order valence-corrected chi connectivity index (χ4v) is 3.34. The summed E-state index contributed by atoms with van der Waals surface area (Å²) in [5.41, 5.74) is 0.0770. The van der Waals surface area contributed by atoms with E-state index in [1.807, 2.05) is 19.1 Å². The van der Waals surface area contributed by atoms with E-state index < -0.39 is 11.7 Å². The van der Waals surface area contributed by atoms with Crippen molar-refractivity contribution in [2.75, 3.05) is 39.9 Å². The number of benzene rings is 1. The lowest BCUT2D eigenvalue weighted by molar-refractivity contribution is -0.137. The lowest BCUT2D eigenvalue weighted by Crippen LogP contribution is -2.46. The van der Waals surface area contributed by atoms with Gasteiger partial charge < -0.3 is 19.8 Å². The Balaban J connectivity index is 1.58. The predicted octanol–water partition coefficient (Wildman–Crippen LogP) is 3.35. The highest BCUT2D eigenvalue weighted by Crippen LogP contribution is 2.29. The van der Waals surface area contributed by atoms with Crippen LogP contribution in [0.2, 0.25) is 0 Å². The first kappa shape index (κ1) is 22.2. The second kappa shape index (κ2) is 9.99. The van der Waals surface area contributed by atoms with Crippen LogP contribution in [0.1, 0.15) is 28.7 Å². The van der Waals surface area contributed by atoms with Crippen LogP contribution in [-0.4, -0.2) is 50.8 Å². The number of halogens is 3. The molecule has 30 heavy (non-hydrogen) atoms. The Kier molecular flexibility index (Phi) is 7.38. The molecule has 0 bridgehead atoms. The maximum absolute atomic E-state index is 12.7. The van der Waals surface area contributed by atoms with Crippen LogP contribution in [0.25, 0.3) is 0 Å². The summed E-state index contributed by atoms with van der Waals surface area (Å²) < 4.78 is 49.4. The minimum absolute atomic E-state index is 0.0206. The molecule has 0 saturated carbocycles. The molecule has 2 heterocycles. The average molecular weight is 424 g/mol. The van der Waals surface area contributed by atoms with Crippen LogP contribution in [0.15, 0.2) is 45.8 Å². The Labute approximate surface area is 174 Å². The average Bonchev–Trinajstić information content (AvgIpc) is 3.17. The van der Waals surface area contributed by atoms with E-state index in [9.17, 15) is 13.2 Å². The van der Waals surface area contributed by atoms with Crippen molar-refractivity contribution in [2.45, 2.75) is 25.7 Å². The van der Waals surface area contributed by atoms with Crippen LogP contribution < -0.4 is 10.6 Å². The Bertz CT molecular complexity index is 828. The summed E-state index contributed by atoms with van der Waals surface area (Å²) >= 11 is 0. The number of rotatable bonds is 6. The lowest BCUT2D eigenvalue weighted by atomic mass is 10.1. The number of guanidine groups is 1. The van der Waals surface area contributed by atoms with E-state index >= 15 is 0 Å². The summed E-state index contributed by atoms with van der Waals surface area (Å²) in [4.78, 5) is 6.52. The lowest BCUT2D eigenvalue weighted by Gasteiger charge is -2.33. The van der Waals surface area contributed by atoms with Crippen LogP contribution in [0, 0.1) is 6.92 Å². The number of nitrogens with zero attached hydrogens (tertiary/aromatic N) is 2. The topological polar surface area (TPSA) is 62.0 Å². The van der Waals surface area contributed by atoms with E-state index in [4.69, 9.17) is 9.15 Å². The van der Waals surface area contributed by atoms with Gasteiger partial charge in [-0.2, -0.15) is 13.2 Å². The third-order valence-electron chi connectivity index (χ3n) is 5.00. The van der Waals surface area contributed by atoms with Crippen molar-refractivity contribution in [1.29, 1.82) is 0 Å². The number of ether oxygens (including phenoxy) is 1. The first-order chi connectivity index (χ1) is 14.4. The first-order valence-electron chi connectivity index (χ1n) is 9.85. The number of morpholine rings is 1. The maximum atomic E-state index is 12.7. The number of aryl methyl sites for hydroxylation is 1. The van der Waals surface area contributed by atoms with Crippen LogP contribution in [0.5, 0.6) is 0 Å². The van der Waals surface area contributed by atoms with Crippen molar-refractivity contribution in [2.24, 2.45) is 4.99 Å². The zero-order valence-corrected chi connectivity index (χ0v) is 17.1. The van der Waals surface area contributed by atoms with Crippen molar-refractivity contribution in [1.82, 2.24) is 15.5 Å². The highest BCUT2D eigenvalue weighted by Gasteiger charge is 2.30. The highest BCUT2D eigenvalue weighted by molar-refractivity contribution is 5.79. The maximum Gasteiger partial charge on any atom is 0.416 e. The zero-order chi connectivity index (χ0) is 21.6. The Hall–Kier alpha value is -2.52. The van der Waals surface area contributed by atoms with E-state index in [1.165, 1.54) is 12.1 Å². The molecular formula is C21H27F3N4O2. The summed E-state index contributed by atoms with van der Waals surface area (Å²) in [6, 6.07) is 9.04. The van der Waals surface area contributed by atoms with Crippen molar-refractivity contribution in [3.8, 4) is 0 Å². The number of hydrogen-bond donors (Lipinski definition) is 2. The smallest absolute Gasteiger partial charge is 0.416 e. The molecule has 0 spiro atoms. The van der Waals surface area contributed by atoms with Crippen molar-refractivity contribution < 1.29 is 22.3 Å². The van der Waals surface area contributed by atoms with Crippen molar-refractivity contribution >= 4 is 5.96 Å². The monoisotopic (exact) mass is 424 g/mol. The molecule has 2 aromatic rings. The van der Waals surface area contributed by atoms with Crippen molar-refractivity contribution in [3.63, 3.8) is 0 Å². The molecule has 1 unspecified atom stereocenters. The second-order valence-corrected chi connectivity index (χ2v) is 7.11. The molecule has 0 aliphatic carbocycles. The van der Waals surface area contributed by atoms with Gasteiger partial charge in [0.25, 0.3) is 0 Å². The highest BCUT2D eigenvalue weighted by atomic mass is 19.4. The molecule has 1 saturated heterocycles. The zero-order valence-electron chi connectivity index (χ0n) is 17.1. The Morgan fingerprint density at radius 3 is 2.37 bits per heavy atom. The number of furan rings is 1. The number of alkyl halides is 3. The minimum atomic E-state index is -4.33. The fraction of sp³-hybridized carbons (Fsp3) is 0.476. The van der Waals surface area contributed by atoms with Gasteiger partial charge in [-0.25, -0.2) is 0 Å². The summed E-state index contributed by atoms with van der Waals surface area (Å²) in [5, 5.41) is 6.44. The van der Waals surface area contributed by atoms with Gasteiger partial charge in [-0.05, 0) is 36.8 Å². The van der Waals surface area contributed by atoms with E-state index in [2.05, 4.69) is 20.5 Å². The number of aliphatic imine (C=N–C) groups is 1. The SMILES string of the molecule is CN=C(NCc1ccc(C(F)(F)F)cc1)NCC(c1ccc(C)o1)N1CCOCC1. The van der Waals surface area contributed by atoms with Crippen LogP contribution in [-0.2, 0) is 17.5 Å². The molecular weight excluding hydrogens is 397 g/mol. The van der Waals surface area contributed by atoms with Crippen LogP contribution in [0.3, 0.4) is 0 Å². The van der Waals surface area contributed by atoms with E-state index in [0.29, 0.717) is 32.3 Å². The molecule has 1 aromatic carbocycles. The van der Waals surface area contributed by atoms with E-state index in [-0.39, 0.29) is 6.04 Å². The largest absolute Gasteiger partial charge is 0.465 e. The van der Waals surface area contributed by atoms with Gasteiger partial charge in [0.15, 0.2) is 5.96 Å². The van der Waals surface area contributed by atoms with Gasteiger partial charge in [0.2, 0.25) is 0 Å². The molecule has 1 fully saturated rings. The fourth-order valence-electron chi connectivity index (χ4n) is 3.34. The predicted molar refractivity (Wildman–Crippen MR) is 108 cm³/mol. The normalized spacial score (nSPS) is 17.0. The van der Waals surface area contributed by atoms with Crippen LogP contribution in [0.4, 0.5) is 13.2 Å². The van der Waals surface area contributed by atoms with E-state index in [0.717, 1.165) is 42.3 Å². The number of nitrogens with one attached hydrogen (secondary N) is 2. The molecule has 0 amide bonds. The molecule has 0 radical (unpaired) electrons. The van der Waals surface area contributed by atoms with Gasteiger partial charge in [-0.15, -0.1) is 0 Å². The third-order valence-corrected chi connectivity index (χ3v) is 5.00. The van der Waals surface area contributed by atoms with E-state index in [1.54, 1.807) is 7.05 Å². The standard InChI is InChI=1S/C21H27F3N4O2/c1-15-3-8-19(30-15)18(28-9-11-29-12-10-28)14-27-20(25-2)26-13-16-4-6-17(7-5-16)21(22,23)24/h3-8,18H,9-14H2,1-2H3,(H2,25,26,27). The second-order valence-electron chi connectivity index (χ2n) is 7.11. The molecule has 1 aromatic heterocycles. The molecule has 164 valence electrons. The molecule has 1 atom stereocenters. The third kappa shape index (κ3) is 5.99. The summed E-state index contributed by atoms with van der Waals surface area (Å²) in [7, 11) is 1.66. The van der Waals surface area contributed by atoms with Gasteiger partial charge in [-0.3, -0.25) is 9.89 Å². The molecule has 6 nitrogen and oxygen atoms in total. The summed E-state index contributed by atoms with van der Waals surface area (Å²) in [6.45, 7) is 5.82. The van der Waals surface area contributed by atoms with Gasteiger partial charge >= 0.3 is 6.18 Å². The van der Waals surface area contributed by atoms with Gasteiger partial charge in [0.1, 0.15) is 11.5 Å². The van der Waals surface area contributed by atoms with Crippen LogP contribution >= 0.6 is 0 Å². The molecule has 1 aliphatic heterocycles. The van der Waals surface area contributed by atoms with Gasteiger partial charge in [0.05, 0.1) is 24.8 Å². The summed E-state index contributed by atoms with van der Waals surface area (Å²) in [5.74, 6) is 2.30. The Morgan fingerprint density at radius 1 is 1.10 bits per heavy atom. The molecule has 9 heteroatoms. The molecule has 1 aliphatic rings. The molecule has 2 N–H and O–H groups in total. The van der Waals surface area contributed by atoms with Crippen molar-refractivity contribution in [3.05, 3.63) is 59.0 Å². The first-order valence-corrected chi connectivity index (χ1v) is 9.85.